The molecule has 0 saturated carbocycles. The highest BCUT2D eigenvalue weighted by Crippen LogP contribution is 2.16. The molecule has 2 aromatic carbocycles. The third kappa shape index (κ3) is 6.49. The third-order valence-corrected chi connectivity index (χ3v) is 5.12. The molecular weight excluding hydrogens is 446 g/mol. The summed E-state index contributed by atoms with van der Waals surface area (Å²) in [6, 6.07) is 20.3. The second-order valence-electron chi connectivity index (χ2n) is 6.89. The largest absolute Gasteiger partial charge is 0.467 e. The van der Waals surface area contributed by atoms with E-state index in [1.165, 1.54) is 0 Å². The van der Waals surface area contributed by atoms with Crippen LogP contribution in [0.1, 0.15) is 30.7 Å². The summed E-state index contributed by atoms with van der Waals surface area (Å²) in [5, 5.41) is 5.84. The zero-order valence-electron chi connectivity index (χ0n) is 16.7. The molecule has 0 saturated heterocycles. The lowest BCUT2D eigenvalue weighted by Crippen LogP contribution is -2.38. The van der Waals surface area contributed by atoms with Gasteiger partial charge >= 0.3 is 6.03 Å². The zero-order valence-corrected chi connectivity index (χ0v) is 18.3. The first-order valence-corrected chi connectivity index (χ1v) is 10.5. The van der Waals surface area contributed by atoms with E-state index in [1.54, 1.807) is 35.4 Å². The lowest BCUT2D eigenvalue weighted by atomic mass is 10.1. The first-order chi connectivity index (χ1) is 14.5. The van der Waals surface area contributed by atoms with Gasteiger partial charge < -0.3 is 20.0 Å². The molecule has 30 heavy (non-hydrogen) atoms. The van der Waals surface area contributed by atoms with E-state index in [0.29, 0.717) is 11.4 Å². The summed E-state index contributed by atoms with van der Waals surface area (Å²) < 4.78 is 6.31. The standard InChI is InChI=1S/C23H24BrN3O3/c1-17(18-6-3-2-4-7-18)25-22(28)13-14-27(16-21-8-5-15-30-21)23(29)26-20-11-9-19(24)10-12-20/h2-12,15,17H,13-14,16H2,1H3,(H,25,28)(H,26,29). The summed E-state index contributed by atoms with van der Waals surface area (Å²) in [6.07, 6.45) is 1.75. The molecule has 0 aliphatic heterocycles. The molecule has 1 unspecified atom stereocenters. The maximum Gasteiger partial charge on any atom is 0.322 e. The van der Waals surface area contributed by atoms with Crippen molar-refractivity contribution in [3.05, 3.63) is 88.8 Å². The van der Waals surface area contributed by atoms with Crippen LogP contribution < -0.4 is 10.6 Å². The molecule has 2 N–H and O–H groups in total. The highest BCUT2D eigenvalue weighted by molar-refractivity contribution is 9.10. The molecule has 1 atom stereocenters. The van der Waals surface area contributed by atoms with Gasteiger partial charge in [-0.15, -0.1) is 0 Å². The normalized spacial score (nSPS) is 11.5. The van der Waals surface area contributed by atoms with Crippen molar-refractivity contribution in [3.63, 3.8) is 0 Å². The number of hydrogen-bond donors (Lipinski definition) is 2. The van der Waals surface area contributed by atoms with Gasteiger partial charge in [0.15, 0.2) is 0 Å². The number of benzene rings is 2. The molecular formula is C23H24BrN3O3. The number of nitrogens with zero attached hydrogens (tertiary/aromatic N) is 1. The molecule has 0 fully saturated rings. The van der Waals surface area contributed by atoms with Crippen molar-refractivity contribution in [2.24, 2.45) is 0 Å². The van der Waals surface area contributed by atoms with Gasteiger partial charge in [0.2, 0.25) is 5.91 Å². The highest BCUT2D eigenvalue weighted by atomic mass is 79.9. The van der Waals surface area contributed by atoms with Crippen molar-refractivity contribution in [1.82, 2.24) is 10.2 Å². The minimum absolute atomic E-state index is 0.103. The smallest absolute Gasteiger partial charge is 0.322 e. The summed E-state index contributed by atoms with van der Waals surface area (Å²) in [5.74, 6) is 0.534. The fraction of sp³-hybridized carbons (Fsp3) is 0.217. The SMILES string of the molecule is CC(NC(=O)CCN(Cc1ccco1)C(=O)Nc1ccc(Br)cc1)c1ccccc1. The molecule has 0 spiro atoms. The third-order valence-electron chi connectivity index (χ3n) is 4.60. The molecule has 3 rings (SSSR count). The average Bonchev–Trinajstić information content (AvgIpc) is 3.26. The van der Waals surface area contributed by atoms with Crippen molar-refractivity contribution in [2.75, 3.05) is 11.9 Å². The molecule has 0 aliphatic rings. The number of urea groups is 1. The van der Waals surface area contributed by atoms with E-state index in [9.17, 15) is 9.59 Å². The van der Waals surface area contributed by atoms with Gasteiger partial charge in [-0.25, -0.2) is 4.79 Å². The maximum absolute atomic E-state index is 12.8. The number of carbonyl (C=O) groups excluding carboxylic acids is 2. The molecule has 1 aromatic heterocycles. The Morgan fingerprint density at radius 3 is 2.43 bits per heavy atom. The number of amides is 3. The maximum atomic E-state index is 12.8. The van der Waals surface area contributed by atoms with Gasteiger partial charge in [-0.2, -0.15) is 0 Å². The van der Waals surface area contributed by atoms with E-state index in [-0.39, 0.29) is 37.5 Å². The minimum Gasteiger partial charge on any atom is -0.467 e. The predicted molar refractivity (Wildman–Crippen MR) is 120 cm³/mol. The predicted octanol–water partition coefficient (Wildman–Crippen LogP) is 5.34. The Labute approximate surface area is 184 Å². The quantitative estimate of drug-likeness (QED) is 0.467. The van der Waals surface area contributed by atoms with E-state index in [0.717, 1.165) is 10.0 Å². The van der Waals surface area contributed by atoms with Gasteiger partial charge in [-0.05, 0) is 48.9 Å². The van der Waals surface area contributed by atoms with Crippen LogP contribution in [0.5, 0.6) is 0 Å². The average molecular weight is 470 g/mol. The van der Waals surface area contributed by atoms with Gasteiger partial charge in [-0.3, -0.25) is 4.79 Å². The number of nitrogens with one attached hydrogen (secondary N) is 2. The number of halogens is 1. The Balaban J connectivity index is 1.59. The van der Waals surface area contributed by atoms with Crippen LogP contribution in [0.15, 0.2) is 81.9 Å². The fourth-order valence-corrected chi connectivity index (χ4v) is 3.22. The first kappa shape index (κ1) is 21.6. The Hall–Kier alpha value is -3.06. The molecule has 0 bridgehead atoms. The van der Waals surface area contributed by atoms with Gasteiger partial charge in [-0.1, -0.05) is 46.3 Å². The minimum atomic E-state index is -0.294. The van der Waals surface area contributed by atoms with Crippen LogP contribution in [0, 0.1) is 0 Å². The van der Waals surface area contributed by atoms with Crippen molar-refractivity contribution < 1.29 is 14.0 Å². The van der Waals surface area contributed by atoms with Gasteiger partial charge in [0.05, 0.1) is 18.8 Å². The Kier molecular flexibility index (Phi) is 7.68. The van der Waals surface area contributed by atoms with Crippen molar-refractivity contribution in [2.45, 2.75) is 25.9 Å². The van der Waals surface area contributed by atoms with E-state index < -0.39 is 0 Å². The first-order valence-electron chi connectivity index (χ1n) is 9.69. The topological polar surface area (TPSA) is 74.6 Å². The van der Waals surface area contributed by atoms with E-state index in [4.69, 9.17) is 4.42 Å². The summed E-state index contributed by atoms with van der Waals surface area (Å²) >= 11 is 3.38. The summed E-state index contributed by atoms with van der Waals surface area (Å²) in [6.45, 7) is 2.47. The fourth-order valence-electron chi connectivity index (χ4n) is 2.95. The van der Waals surface area contributed by atoms with Crippen LogP contribution in [-0.4, -0.2) is 23.4 Å². The van der Waals surface area contributed by atoms with Gasteiger partial charge in [0.1, 0.15) is 5.76 Å². The second kappa shape index (κ2) is 10.6. The van der Waals surface area contributed by atoms with Crippen molar-refractivity contribution in [3.8, 4) is 0 Å². The van der Waals surface area contributed by atoms with E-state index >= 15 is 0 Å². The number of furan rings is 1. The Morgan fingerprint density at radius 2 is 1.77 bits per heavy atom. The van der Waals surface area contributed by atoms with Crippen molar-refractivity contribution >= 4 is 33.6 Å². The molecule has 3 aromatic rings. The van der Waals surface area contributed by atoms with Crippen LogP contribution in [0.25, 0.3) is 0 Å². The molecule has 0 radical (unpaired) electrons. The van der Waals surface area contributed by atoms with Gasteiger partial charge in [0.25, 0.3) is 0 Å². The van der Waals surface area contributed by atoms with Crippen molar-refractivity contribution in [1.29, 1.82) is 0 Å². The van der Waals surface area contributed by atoms with Crippen LogP contribution in [-0.2, 0) is 11.3 Å². The lowest BCUT2D eigenvalue weighted by Gasteiger charge is -2.22. The number of hydrogen-bond acceptors (Lipinski definition) is 3. The summed E-state index contributed by atoms with van der Waals surface area (Å²) in [5.41, 5.74) is 1.71. The van der Waals surface area contributed by atoms with E-state index in [2.05, 4.69) is 26.6 Å². The second-order valence-corrected chi connectivity index (χ2v) is 7.80. The molecule has 0 aliphatic carbocycles. The Morgan fingerprint density at radius 1 is 1.03 bits per heavy atom. The summed E-state index contributed by atoms with van der Waals surface area (Å²) in [7, 11) is 0. The van der Waals surface area contributed by atoms with Crippen LogP contribution in [0.3, 0.4) is 0 Å². The number of carbonyl (C=O) groups is 2. The molecule has 6 nitrogen and oxygen atoms in total. The zero-order chi connectivity index (χ0) is 21.3. The van der Waals surface area contributed by atoms with Crippen LogP contribution in [0.2, 0.25) is 0 Å². The highest BCUT2D eigenvalue weighted by Gasteiger charge is 2.18. The molecule has 1 heterocycles. The number of anilines is 1. The summed E-state index contributed by atoms with van der Waals surface area (Å²) in [4.78, 5) is 26.8. The van der Waals surface area contributed by atoms with Crippen LogP contribution >= 0.6 is 15.9 Å². The lowest BCUT2D eigenvalue weighted by molar-refractivity contribution is -0.121. The van der Waals surface area contributed by atoms with E-state index in [1.807, 2.05) is 49.4 Å². The van der Waals surface area contributed by atoms with Crippen LogP contribution in [0.4, 0.5) is 10.5 Å². The Bertz CT molecular complexity index is 944. The molecule has 3 amide bonds. The van der Waals surface area contributed by atoms with Gasteiger partial charge in [0, 0.05) is 23.1 Å². The molecule has 7 heteroatoms. The monoisotopic (exact) mass is 469 g/mol. The molecule has 156 valence electrons. The number of rotatable bonds is 8.